The summed E-state index contributed by atoms with van der Waals surface area (Å²) in [6.45, 7) is 0. The number of nitrogens with two attached hydrogens (primary N) is 1. The monoisotopic (exact) mass is 293 g/mol. The van der Waals surface area contributed by atoms with E-state index in [2.05, 4.69) is 15.4 Å². The molecular weight excluding hydrogens is 285 g/mol. The maximum Gasteiger partial charge on any atom is 0.305 e. The first-order valence-electron chi connectivity index (χ1n) is 5.44. The third-order valence-electron chi connectivity index (χ3n) is 2.40. The number of nitro benzene ring substituents is 1. The highest BCUT2D eigenvalue weighted by Crippen LogP contribution is 2.26. The van der Waals surface area contributed by atoms with Gasteiger partial charge >= 0.3 is 5.69 Å². The fourth-order valence-corrected chi connectivity index (χ4v) is 1.45. The molecule has 0 spiro atoms. The first-order valence-corrected chi connectivity index (χ1v) is 5.44. The third-order valence-corrected chi connectivity index (χ3v) is 2.40. The van der Waals surface area contributed by atoms with Gasteiger partial charge in [0.25, 0.3) is 0 Å². The minimum atomic E-state index is -1.06. The number of aromatic nitrogens is 2. The lowest BCUT2D eigenvalue weighted by molar-refractivity contribution is -0.387. The van der Waals surface area contributed by atoms with Crippen LogP contribution in [0.1, 0.15) is 5.56 Å². The van der Waals surface area contributed by atoms with E-state index in [4.69, 9.17) is 15.7 Å². The number of oxime groups is 1. The molecule has 9 nitrogen and oxygen atoms in total. The van der Waals surface area contributed by atoms with Crippen LogP contribution < -0.4 is 10.5 Å². The Balaban J connectivity index is 2.35. The molecule has 2 aromatic rings. The number of ether oxygens (including phenoxy) is 1. The second kappa shape index (κ2) is 5.77. The van der Waals surface area contributed by atoms with Gasteiger partial charge < -0.3 is 15.7 Å². The minimum Gasteiger partial charge on any atom is -0.437 e. The lowest BCUT2D eigenvalue weighted by Gasteiger charge is -2.07. The molecule has 1 heterocycles. The van der Waals surface area contributed by atoms with Gasteiger partial charge in [0, 0.05) is 12.1 Å². The Morgan fingerprint density at radius 2 is 2.24 bits per heavy atom. The molecule has 0 saturated carbocycles. The summed E-state index contributed by atoms with van der Waals surface area (Å²) < 4.78 is 18.7. The zero-order chi connectivity index (χ0) is 15.4. The molecule has 0 aliphatic heterocycles. The zero-order valence-corrected chi connectivity index (χ0v) is 10.3. The second-order valence-corrected chi connectivity index (χ2v) is 3.71. The van der Waals surface area contributed by atoms with Gasteiger partial charge in [0.1, 0.15) is 5.75 Å². The molecule has 108 valence electrons. The molecule has 21 heavy (non-hydrogen) atoms. The molecule has 0 atom stereocenters. The van der Waals surface area contributed by atoms with Crippen molar-refractivity contribution in [2.45, 2.75) is 0 Å². The Hall–Kier alpha value is -3.30. The Labute approximate surface area is 116 Å². The molecule has 10 heteroatoms. The molecule has 2 rings (SSSR count). The number of nitro groups is 1. The number of halogens is 1. The summed E-state index contributed by atoms with van der Waals surface area (Å²) in [5.41, 5.74) is 4.88. The number of benzene rings is 1. The normalized spacial score (nSPS) is 11.2. The maximum atomic E-state index is 13.5. The number of hydrogen-bond acceptors (Lipinski definition) is 7. The van der Waals surface area contributed by atoms with E-state index in [1.54, 1.807) is 0 Å². The molecule has 0 amide bonds. The average Bonchev–Trinajstić information content (AvgIpc) is 2.46. The lowest BCUT2D eigenvalue weighted by atomic mass is 10.2. The first-order chi connectivity index (χ1) is 10.0. The van der Waals surface area contributed by atoms with E-state index < -0.39 is 16.4 Å². The summed E-state index contributed by atoms with van der Waals surface area (Å²) in [6.07, 6.45) is 1.29. The van der Waals surface area contributed by atoms with Crippen LogP contribution in [0.5, 0.6) is 11.6 Å². The summed E-state index contributed by atoms with van der Waals surface area (Å²) in [5.74, 6) is -1.53. The van der Waals surface area contributed by atoms with Gasteiger partial charge in [-0.1, -0.05) is 5.16 Å². The lowest BCUT2D eigenvalue weighted by Crippen LogP contribution is -2.15. The van der Waals surface area contributed by atoms with Crippen molar-refractivity contribution in [2.24, 2.45) is 10.9 Å². The summed E-state index contributed by atoms with van der Waals surface area (Å²) in [4.78, 5) is 9.66. The van der Waals surface area contributed by atoms with Gasteiger partial charge in [-0.3, -0.25) is 10.1 Å². The number of nitrogens with zero attached hydrogens (tertiary/aromatic N) is 4. The van der Waals surface area contributed by atoms with Crippen molar-refractivity contribution < 1.29 is 19.3 Å². The Kier molecular flexibility index (Phi) is 3.88. The fourth-order valence-electron chi connectivity index (χ4n) is 1.45. The summed E-state index contributed by atoms with van der Waals surface area (Å²) >= 11 is 0. The Bertz CT molecular complexity index is 722. The molecule has 1 aromatic heterocycles. The van der Waals surface area contributed by atoms with Crippen molar-refractivity contribution in [3.05, 3.63) is 52.0 Å². The van der Waals surface area contributed by atoms with Crippen molar-refractivity contribution in [3.63, 3.8) is 0 Å². The fraction of sp³-hybridized carbons (Fsp3) is 0. The van der Waals surface area contributed by atoms with Gasteiger partial charge in [0.2, 0.25) is 11.7 Å². The summed E-state index contributed by atoms with van der Waals surface area (Å²) in [7, 11) is 0. The zero-order valence-electron chi connectivity index (χ0n) is 10.3. The maximum absolute atomic E-state index is 13.5. The quantitative estimate of drug-likeness (QED) is 0.286. The van der Waals surface area contributed by atoms with Crippen molar-refractivity contribution in [1.82, 2.24) is 10.2 Å². The van der Waals surface area contributed by atoms with E-state index in [1.807, 2.05) is 0 Å². The topological polar surface area (TPSA) is 137 Å². The predicted octanol–water partition coefficient (Wildman–Crippen LogP) is 1.41. The summed E-state index contributed by atoms with van der Waals surface area (Å²) in [5, 5.41) is 29.1. The minimum absolute atomic E-state index is 0.0504. The molecular formula is C11H8FN5O4. The number of rotatable bonds is 4. The van der Waals surface area contributed by atoms with E-state index in [9.17, 15) is 14.5 Å². The predicted molar refractivity (Wildman–Crippen MR) is 67.7 cm³/mol. The van der Waals surface area contributed by atoms with E-state index in [0.29, 0.717) is 0 Å². The molecule has 0 aliphatic carbocycles. The summed E-state index contributed by atoms with van der Waals surface area (Å²) in [6, 6.07) is 4.33. The highest BCUT2D eigenvalue weighted by Gasteiger charge is 2.16. The van der Waals surface area contributed by atoms with Crippen LogP contribution in [-0.4, -0.2) is 26.2 Å². The standard InChI is InChI=1S/C11H8FN5O4/c12-8-5-6(1-2-9(8)17(19)20)21-11-7(10(13)16-18)3-4-14-15-11/h1-5,18H,(H2,13,16). The van der Waals surface area contributed by atoms with E-state index in [0.717, 1.165) is 12.1 Å². The SMILES string of the molecule is N/C(=N/O)c1ccnnc1Oc1ccc([N+](=O)[O-])c(F)c1. The van der Waals surface area contributed by atoms with Crippen LogP contribution in [0.3, 0.4) is 0 Å². The molecule has 0 saturated heterocycles. The second-order valence-electron chi connectivity index (χ2n) is 3.71. The van der Waals surface area contributed by atoms with Crippen LogP contribution in [0.2, 0.25) is 0 Å². The van der Waals surface area contributed by atoms with Crippen LogP contribution in [0, 0.1) is 15.9 Å². The van der Waals surface area contributed by atoms with Crippen LogP contribution in [0.25, 0.3) is 0 Å². The average molecular weight is 293 g/mol. The number of amidine groups is 1. The molecule has 0 radical (unpaired) electrons. The van der Waals surface area contributed by atoms with Gasteiger partial charge in [0.05, 0.1) is 16.7 Å². The van der Waals surface area contributed by atoms with Crippen LogP contribution >= 0.6 is 0 Å². The highest BCUT2D eigenvalue weighted by atomic mass is 19.1. The third kappa shape index (κ3) is 3.00. The van der Waals surface area contributed by atoms with E-state index in [-0.39, 0.29) is 23.0 Å². The number of hydrogen-bond donors (Lipinski definition) is 2. The Morgan fingerprint density at radius 3 is 2.86 bits per heavy atom. The van der Waals surface area contributed by atoms with Crippen molar-refractivity contribution >= 4 is 11.5 Å². The molecule has 3 N–H and O–H groups in total. The van der Waals surface area contributed by atoms with Gasteiger partial charge in [-0.15, -0.1) is 5.10 Å². The van der Waals surface area contributed by atoms with E-state index in [1.165, 1.54) is 18.3 Å². The van der Waals surface area contributed by atoms with Crippen LogP contribution in [-0.2, 0) is 0 Å². The van der Waals surface area contributed by atoms with Gasteiger partial charge in [-0.2, -0.15) is 9.49 Å². The smallest absolute Gasteiger partial charge is 0.305 e. The largest absolute Gasteiger partial charge is 0.437 e. The molecule has 0 aliphatic rings. The van der Waals surface area contributed by atoms with Crippen molar-refractivity contribution in [2.75, 3.05) is 0 Å². The first kappa shape index (κ1) is 14.1. The molecule has 0 fully saturated rings. The molecule has 0 unspecified atom stereocenters. The van der Waals surface area contributed by atoms with Gasteiger partial charge in [-0.25, -0.2) is 0 Å². The Morgan fingerprint density at radius 1 is 1.48 bits per heavy atom. The highest BCUT2D eigenvalue weighted by molar-refractivity contribution is 5.98. The molecule has 1 aromatic carbocycles. The van der Waals surface area contributed by atoms with Crippen LogP contribution in [0.4, 0.5) is 10.1 Å². The van der Waals surface area contributed by atoms with Gasteiger partial charge in [-0.05, 0) is 12.1 Å². The van der Waals surface area contributed by atoms with Crippen LogP contribution in [0.15, 0.2) is 35.6 Å². The van der Waals surface area contributed by atoms with Crippen molar-refractivity contribution in [1.29, 1.82) is 0 Å². The van der Waals surface area contributed by atoms with Crippen molar-refractivity contribution in [3.8, 4) is 11.6 Å². The van der Waals surface area contributed by atoms with E-state index >= 15 is 0 Å². The molecule has 0 bridgehead atoms. The van der Waals surface area contributed by atoms with Gasteiger partial charge in [0.15, 0.2) is 5.84 Å².